The first kappa shape index (κ1) is 16.2. The first-order valence-electron chi connectivity index (χ1n) is 7.63. The predicted octanol–water partition coefficient (Wildman–Crippen LogP) is 1.86. The number of imidazole rings is 1. The summed E-state index contributed by atoms with van der Waals surface area (Å²) in [7, 11) is 1.32. The van der Waals surface area contributed by atoms with Crippen LogP contribution in [0.5, 0.6) is 0 Å². The Hall–Kier alpha value is -2.67. The fourth-order valence-corrected chi connectivity index (χ4v) is 2.58. The molecule has 2 heterocycles. The fraction of sp³-hybridized carbons (Fsp3) is 0.353. The van der Waals surface area contributed by atoms with Gasteiger partial charge in [0.15, 0.2) is 5.69 Å². The van der Waals surface area contributed by atoms with Crippen LogP contribution in [0.2, 0.25) is 0 Å². The number of methoxy groups -OCH3 is 1. The number of rotatable bonds is 5. The van der Waals surface area contributed by atoms with Crippen molar-refractivity contribution in [2.24, 2.45) is 0 Å². The smallest absolute Gasteiger partial charge is 0.358 e. The Morgan fingerprint density at radius 3 is 2.83 bits per heavy atom. The molecule has 0 saturated carbocycles. The van der Waals surface area contributed by atoms with Gasteiger partial charge in [0, 0.05) is 6.20 Å². The van der Waals surface area contributed by atoms with E-state index in [2.05, 4.69) is 9.72 Å². The summed E-state index contributed by atoms with van der Waals surface area (Å²) in [6.45, 7) is 0.674. The second-order valence-electron chi connectivity index (χ2n) is 5.51. The molecule has 7 heteroatoms. The van der Waals surface area contributed by atoms with Crippen LogP contribution in [0.25, 0.3) is 0 Å². The molecule has 1 aliphatic heterocycles. The van der Waals surface area contributed by atoms with Gasteiger partial charge < -0.3 is 18.8 Å². The highest BCUT2D eigenvalue weighted by molar-refractivity contribution is 5.89. The number of hydrogen-bond donors (Lipinski definition) is 0. The topological polar surface area (TPSA) is 79.6 Å². The molecule has 1 saturated heterocycles. The van der Waals surface area contributed by atoms with Crippen LogP contribution >= 0.6 is 0 Å². The molecule has 1 fully saturated rings. The summed E-state index contributed by atoms with van der Waals surface area (Å²) < 4.78 is 17.4. The minimum absolute atomic E-state index is 0.0522. The Balaban J connectivity index is 1.51. The highest BCUT2D eigenvalue weighted by Gasteiger charge is 2.28. The van der Waals surface area contributed by atoms with Crippen molar-refractivity contribution in [1.82, 2.24) is 9.55 Å². The number of carbonyl (C=O) groups is 2. The van der Waals surface area contributed by atoms with Crippen LogP contribution in [-0.2, 0) is 14.2 Å². The van der Waals surface area contributed by atoms with Crippen molar-refractivity contribution in [2.45, 2.75) is 18.6 Å². The van der Waals surface area contributed by atoms with Crippen molar-refractivity contribution in [3.05, 3.63) is 54.1 Å². The van der Waals surface area contributed by atoms with Crippen LogP contribution in [0, 0.1) is 0 Å². The van der Waals surface area contributed by atoms with Crippen LogP contribution in [0.15, 0.2) is 42.9 Å². The number of hydrogen-bond acceptors (Lipinski definition) is 6. The van der Waals surface area contributed by atoms with E-state index in [1.807, 2.05) is 10.6 Å². The monoisotopic (exact) mass is 330 g/mol. The standard InChI is InChI=1S/C17H18N2O5/c1-22-17(21)15-8-19(11-18-15)13-7-14(23-9-13)10-24-16(20)12-5-3-2-4-6-12/h2-6,8,11,13-14H,7,9-10H2,1H3/t13-,14-/m0/s1. The van der Waals surface area contributed by atoms with Crippen LogP contribution < -0.4 is 0 Å². The molecule has 7 nitrogen and oxygen atoms in total. The SMILES string of the molecule is COC(=O)c1cn([C@@H]2CO[C@H](COC(=O)c3ccccc3)C2)cn1. The van der Waals surface area contributed by atoms with Gasteiger partial charge in [-0.3, -0.25) is 0 Å². The van der Waals surface area contributed by atoms with Crippen molar-refractivity contribution in [2.75, 3.05) is 20.3 Å². The molecule has 0 N–H and O–H groups in total. The summed E-state index contributed by atoms with van der Waals surface area (Å²) >= 11 is 0. The summed E-state index contributed by atoms with van der Waals surface area (Å²) in [5, 5.41) is 0. The molecule has 0 amide bonds. The van der Waals surface area contributed by atoms with Crippen molar-refractivity contribution in [3.8, 4) is 0 Å². The van der Waals surface area contributed by atoms with E-state index in [1.165, 1.54) is 7.11 Å². The van der Waals surface area contributed by atoms with E-state index in [-0.39, 0.29) is 30.4 Å². The number of aromatic nitrogens is 2. The van der Waals surface area contributed by atoms with Gasteiger partial charge in [0.1, 0.15) is 6.61 Å². The molecule has 126 valence electrons. The lowest BCUT2D eigenvalue weighted by Gasteiger charge is -2.11. The Bertz CT molecular complexity index is 713. The summed E-state index contributed by atoms with van der Waals surface area (Å²) in [5.41, 5.74) is 0.779. The maximum Gasteiger partial charge on any atom is 0.358 e. The zero-order valence-corrected chi connectivity index (χ0v) is 13.3. The Morgan fingerprint density at radius 2 is 2.08 bits per heavy atom. The van der Waals surface area contributed by atoms with Gasteiger partial charge in [-0.2, -0.15) is 0 Å². The number of benzene rings is 1. The molecule has 0 radical (unpaired) electrons. The third-order valence-electron chi connectivity index (χ3n) is 3.89. The predicted molar refractivity (Wildman–Crippen MR) is 83.7 cm³/mol. The average Bonchev–Trinajstić information content (AvgIpc) is 3.29. The normalized spacial score (nSPS) is 19.9. The van der Waals surface area contributed by atoms with E-state index < -0.39 is 5.97 Å². The molecule has 0 spiro atoms. The van der Waals surface area contributed by atoms with E-state index in [4.69, 9.17) is 9.47 Å². The molecule has 2 atom stereocenters. The zero-order chi connectivity index (χ0) is 16.9. The van der Waals surface area contributed by atoms with Gasteiger partial charge in [0.25, 0.3) is 0 Å². The molecule has 1 aromatic carbocycles. The molecule has 1 aliphatic rings. The van der Waals surface area contributed by atoms with E-state index in [1.54, 1.807) is 36.8 Å². The Morgan fingerprint density at radius 1 is 1.29 bits per heavy atom. The largest absolute Gasteiger partial charge is 0.464 e. The Labute approximate surface area is 139 Å². The second-order valence-corrected chi connectivity index (χ2v) is 5.51. The van der Waals surface area contributed by atoms with E-state index in [0.29, 0.717) is 18.6 Å². The summed E-state index contributed by atoms with van der Waals surface area (Å²) in [6.07, 6.45) is 3.72. The summed E-state index contributed by atoms with van der Waals surface area (Å²) in [5.74, 6) is -0.834. The average molecular weight is 330 g/mol. The number of esters is 2. The minimum atomic E-state index is -0.471. The summed E-state index contributed by atoms with van der Waals surface area (Å²) in [6, 6.07) is 8.89. The molecule has 0 bridgehead atoms. The van der Waals surface area contributed by atoms with Crippen LogP contribution in [-0.4, -0.2) is 47.9 Å². The lowest BCUT2D eigenvalue weighted by molar-refractivity contribution is 0.0158. The fourth-order valence-electron chi connectivity index (χ4n) is 2.58. The molecule has 24 heavy (non-hydrogen) atoms. The zero-order valence-electron chi connectivity index (χ0n) is 13.3. The highest BCUT2D eigenvalue weighted by Crippen LogP contribution is 2.25. The first-order chi connectivity index (χ1) is 11.7. The third-order valence-corrected chi connectivity index (χ3v) is 3.89. The number of carbonyl (C=O) groups excluding carboxylic acids is 2. The Kier molecular flexibility index (Phi) is 4.90. The molecule has 3 rings (SSSR count). The molecule has 1 aromatic heterocycles. The molecule has 0 aliphatic carbocycles. The maximum absolute atomic E-state index is 11.9. The van der Waals surface area contributed by atoms with Gasteiger partial charge >= 0.3 is 11.9 Å². The van der Waals surface area contributed by atoms with E-state index >= 15 is 0 Å². The number of ether oxygens (including phenoxy) is 3. The van der Waals surface area contributed by atoms with Crippen molar-refractivity contribution in [3.63, 3.8) is 0 Å². The van der Waals surface area contributed by atoms with E-state index in [0.717, 1.165) is 0 Å². The van der Waals surface area contributed by atoms with Crippen LogP contribution in [0.3, 0.4) is 0 Å². The first-order valence-corrected chi connectivity index (χ1v) is 7.63. The summed E-state index contributed by atoms with van der Waals surface area (Å²) in [4.78, 5) is 27.4. The lowest BCUT2D eigenvalue weighted by Crippen LogP contribution is -2.18. The van der Waals surface area contributed by atoms with Crippen LogP contribution in [0.4, 0.5) is 0 Å². The van der Waals surface area contributed by atoms with Gasteiger partial charge in [-0.1, -0.05) is 18.2 Å². The number of nitrogens with zero attached hydrogens (tertiary/aromatic N) is 2. The quantitative estimate of drug-likeness (QED) is 0.779. The van der Waals surface area contributed by atoms with Crippen molar-refractivity contribution < 1.29 is 23.8 Å². The van der Waals surface area contributed by atoms with Crippen molar-refractivity contribution in [1.29, 1.82) is 0 Å². The lowest BCUT2D eigenvalue weighted by atomic mass is 10.2. The van der Waals surface area contributed by atoms with E-state index in [9.17, 15) is 9.59 Å². The minimum Gasteiger partial charge on any atom is -0.464 e. The van der Waals surface area contributed by atoms with Gasteiger partial charge in [0.05, 0.1) is 37.8 Å². The van der Waals surface area contributed by atoms with Gasteiger partial charge in [-0.15, -0.1) is 0 Å². The van der Waals surface area contributed by atoms with Crippen molar-refractivity contribution >= 4 is 11.9 Å². The van der Waals surface area contributed by atoms with Gasteiger partial charge in [0.2, 0.25) is 0 Å². The van der Waals surface area contributed by atoms with Crippen LogP contribution in [0.1, 0.15) is 33.3 Å². The second kappa shape index (κ2) is 7.27. The third kappa shape index (κ3) is 3.62. The molecule has 2 aromatic rings. The molecular formula is C17H18N2O5. The molecular weight excluding hydrogens is 312 g/mol. The molecule has 0 unspecified atom stereocenters. The van der Waals surface area contributed by atoms with Gasteiger partial charge in [-0.05, 0) is 18.6 Å². The maximum atomic E-state index is 11.9. The highest BCUT2D eigenvalue weighted by atomic mass is 16.6. The van der Waals surface area contributed by atoms with Gasteiger partial charge in [-0.25, -0.2) is 14.6 Å².